The summed E-state index contributed by atoms with van der Waals surface area (Å²) in [6.07, 6.45) is 6.31. The summed E-state index contributed by atoms with van der Waals surface area (Å²) in [5.41, 5.74) is 5.86. The lowest BCUT2D eigenvalue weighted by molar-refractivity contribution is -0.124. The van der Waals surface area contributed by atoms with Crippen LogP contribution < -0.4 is 11.1 Å². The van der Waals surface area contributed by atoms with Crippen LogP contribution in [0.1, 0.15) is 38.5 Å². The average Bonchev–Trinajstić information content (AvgIpc) is 2.42. The molecule has 2 unspecified atom stereocenters. The van der Waals surface area contributed by atoms with Crippen molar-refractivity contribution < 1.29 is 9.90 Å². The summed E-state index contributed by atoms with van der Waals surface area (Å²) in [5, 5.41) is 12.5. The predicted molar refractivity (Wildman–Crippen MR) is 74.6 cm³/mol. The fourth-order valence-corrected chi connectivity index (χ4v) is 3.18. The quantitative estimate of drug-likeness (QED) is 0.675. The van der Waals surface area contributed by atoms with E-state index < -0.39 is 0 Å². The largest absolute Gasteiger partial charge is 0.396 e. The number of carbonyl (C=O) groups excluding carboxylic acids is 1. The van der Waals surface area contributed by atoms with Gasteiger partial charge in [0.2, 0.25) is 5.91 Å². The van der Waals surface area contributed by atoms with E-state index >= 15 is 0 Å². The van der Waals surface area contributed by atoms with E-state index in [0.29, 0.717) is 12.6 Å². The van der Waals surface area contributed by atoms with Gasteiger partial charge in [0.25, 0.3) is 0 Å². The first kappa shape index (κ1) is 14.8. The standard InChI is InChI=1S/C14H27N3O2/c15-12-5-7-17(8-6-12)9-14(19)16-13-4-2-1-3-11(13)10-18/h11-13,18H,1-10,15H2,(H,16,19). The van der Waals surface area contributed by atoms with E-state index in [1.807, 2.05) is 0 Å². The number of nitrogens with one attached hydrogen (secondary N) is 1. The molecular formula is C14H27N3O2. The van der Waals surface area contributed by atoms with E-state index in [4.69, 9.17) is 5.73 Å². The number of likely N-dealkylation sites (tertiary alicyclic amines) is 1. The van der Waals surface area contributed by atoms with Crippen molar-refractivity contribution in [2.45, 2.75) is 50.6 Å². The molecule has 2 rings (SSSR count). The third-order valence-corrected chi connectivity index (χ3v) is 4.49. The van der Waals surface area contributed by atoms with Crippen molar-refractivity contribution in [2.24, 2.45) is 11.7 Å². The zero-order valence-corrected chi connectivity index (χ0v) is 11.7. The van der Waals surface area contributed by atoms with Crippen molar-refractivity contribution in [3.63, 3.8) is 0 Å². The normalized spacial score (nSPS) is 30.2. The molecule has 5 heteroatoms. The molecule has 1 aliphatic carbocycles. The molecule has 4 N–H and O–H groups in total. The van der Waals surface area contributed by atoms with Crippen LogP contribution in [0.3, 0.4) is 0 Å². The molecule has 2 aliphatic rings. The van der Waals surface area contributed by atoms with Crippen molar-refractivity contribution in [1.82, 2.24) is 10.2 Å². The van der Waals surface area contributed by atoms with E-state index in [0.717, 1.165) is 45.2 Å². The van der Waals surface area contributed by atoms with Crippen molar-refractivity contribution in [3.05, 3.63) is 0 Å². The summed E-state index contributed by atoms with van der Waals surface area (Å²) < 4.78 is 0. The molecule has 2 atom stereocenters. The Morgan fingerprint density at radius 1 is 1.21 bits per heavy atom. The predicted octanol–water partition coefficient (Wildman–Crippen LogP) is 0.0768. The maximum Gasteiger partial charge on any atom is 0.234 e. The lowest BCUT2D eigenvalue weighted by Gasteiger charge is -2.33. The first-order valence-electron chi connectivity index (χ1n) is 7.57. The van der Waals surface area contributed by atoms with Gasteiger partial charge in [-0.15, -0.1) is 0 Å². The summed E-state index contributed by atoms with van der Waals surface area (Å²) in [4.78, 5) is 14.2. The minimum Gasteiger partial charge on any atom is -0.396 e. The molecule has 1 saturated carbocycles. The van der Waals surface area contributed by atoms with E-state index in [1.165, 1.54) is 6.42 Å². The Labute approximate surface area is 115 Å². The van der Waals surface area contributed by atoms with Crippen LogP contribution in [0.4, 0.5) is 0 Å². The zero-order valence-electron chi connectivity index (χ0n) is 11.7. The Bertz CT molecular complexity index is 290. The number of carbonyl (C=O) groups is 1. The Hall–Kier alpha value is -0.650. The van der Waals surface area contributed by atoms with Gasteiger partial charge < -0.3 is 16.2 Å². The number of hydrogen-bond donors (Lipinski definition) is 3. The first-order chi connectivity index (χ1) is 9.19. The summed E-state index contributed by atoms with van der Waals surface area (Å²) in [6, 6.07) is 0.467. The molecule has 0 radical (unpaired) electrons. The highest BCUT2D eigenvalue weighted by Crippen LogP contribution is 2.23. The highest BCUT2D eigenvalue weighted by molar-refractivity contribution is 5.78. The maximum atomic E-state index is 12.1. The number of aliphatic hydroxyl groups excluding tert-OH is 1. The van der Waals surface area contributed by atoms with Crippen LogP contribution in [0.2, 0.25) is 0 Å². The molecular weight excluding hydrogens is 242 g/mol. The first-order valence-corrected chi connectivity index (χ1v) is 7.57. The van der Waals surface area contributed by atoms with Crippen molar-refractivity contribution in [3.8, 4) is 0 Å². The van der Waals surface area contributed by atoms with Crippen LogP contribution >= 0.6 is 0 Å². The molecule has 2 fully saturated rings. The van der Waals surface area contributed by atoms with Gasteiger partial charge in [0.05, 0.1) is 6.54 Å². The number of nitrogens with zero attached hydrogens (tertiary/aromatic N) is 1. The van der Waals surface area contributed by atoms with Crippen LogP contribution in [0.15, 0.2) is 0 Å². The third kappa shape index (κ3) is 4.44. The van der Waals surface area contributed by atoms with Crippen molar-refractivity contribution in [1.29, 1.82) is 0 Å². The molecule has 19 heavy (non-hydrogen) atoms. The van der Waals surface area contributed by atoms with Crippen LogP contribution in [-0.4, -0.2) is 54.2 Å². The van der Waals surface area contributed by atoms with Crippen LogP contribution in [0.5, 0.6) is 0 Å². The van der Waals surface area contributed by atoms with Crippen LogP contribution in [0.25, 0.3) is 0 Å². The van der Waals surface area contributed by atoms with Gasteiger partial charge in [-0.2, -0.15) is 0 Å². The van der Waals surface area contributed by atoms with Gasteiger partial charge in [-0.1, -0.05) is 12.8 Å². The number of aliphatic hydroxyl groups is 1. The summed E-state index contributed by atoms with van der Waals surface area (Å²) >= 11 is 0. The molecule has 5 nitrogen and oxygen atoms in total. The topological polar surface area (TPSA) is 78.6 Å². The molecule has 0 aromatic heterocycles. The third-order valence-electron chi connectivity index (χ3n) is 4.49. The minimum absolute atomic E-state index is 0.0980. The fourth-order valence-electron chi connectivity index (χ4n) is 3.18. The van der Waals surface area contributed by atoms with Crippen LogP contribution in [0, 0.1) is 5.92 Å². The average molecular weight is 269 g/mol. The molecule has 0 bridgehead atoms. The Balaban J connectivity index is 1.74. The molecule has 1 aliphatic heterocycles. The van der Waals surface area contributed by atoms with Crippen LogP contribution in [-0.2, 0) is 4.79 Å². The SMILES string of the molecule is NC1CCN(CC(=O)NC2CCCCC2CO)CC1. The van der Waals surface area contributed by atoms with Crippen molar-refractivity contribution in [2.75, 3.05) is 26.2 Å². The van der Waals surface area contributed by atoms with Gasteiger partial charge in [0.1, 0.15) is 0 Å². The minimum atomic E-state index is 0.0980. The highest BCUT2D eigenvalue weighted by atomic mass is 16.3. The molecule has 0 aromatic rings. The lowest BCUT2D eigenvalue weighted by Crippen LogP contribution is -2.49. The van der Waals surface area contributed by atoms with Gasteiger partial charge in [0.15, 0.2) is 0 Å². The van der Waals surface area contributed by atoms with Gasteiger partial charge in [-0.05, 0) is 25.7 Å². The smallest absolute Gasteiger partial charge is 0.234 e. The fraction of sp³-hybridized carbons (Fsp3) is 0.929. The van der Waals surface area contributed by atoms with E-state index in [9.17, 15) is 9.90 Å². The number of piperidine rings is 1. The Kier molecular flexibility index (Phi) is 5.60. The summed E-state index contributed by atoms with van der Waals surface area (Å²) in [5.74, 6) is 0.341. The molecule has 1 saturated heterocycles. The monoisotopic (exact) mass is 269 g/mol. The summed E-state index contributed by atoms with van der Waals surface area (Å²) in [7, 11) is 0. The Morgan fingerprint density at radius 2 is 1.89 bits per heavy atom. The number of amides is 1. The number of rotatable bonds is 4. The molecule has 0 spiro atoms. The summed E-state index contributed by atoms with van der Waals surface area (Å²) in [6.45, 7) is 2.50. The molecule has 110 valence electrons. The van der Waals surface area contributed by atoms with Gasteiger partial charge in [-0.25, -0.2) is 0 Å². The maximum absolute atomic E-state index is 12.1. The molecule has 1 heterocycles. The second-order valence-corrected chi connectivity index (χ2v) is 6.01. The molecule has 0 aromatic carbocycles. The second kappa shape index (κ2) is 7.22. The van der Waals surface area contributed by atoms with E-state index in [1.54, 1.807) is 0 Å². The van der Waals surface area contributed by atoms with Gasteiger partial charge in [-0.3, -0.25) is 9.69 Å². The lowest BCUT2D eigenvalue weighted by atomic mass is 9.85. The van der Waals surface area contributed by atoms with Gasteiger partial charge in [0, 0.05) is 37.7 Å². The number of nitrogens with two attached hydrogens (primary N) is 1. The second-order valence-electron chi connectivity index (χ2n) is 6.01. The Morgan fingerprint density at radius 3 is 2.58 bits per heavy atom. The highest BCUT2D eigenvalue weighted by Gasteiger charge is 2.26. The molecule has 1 amide bonds. The van der Waals surface area contributed by atoms with Crippen molar-refractivity contribution >= 4 is 5.91 Å². The van der Waals surface area contributed by atoms with E-state index in [-0.39, 0.29) is 24.5 Å². The van der Waals surface area contributed by atoms with Gasteiger partial charge >= 0.3 is 0 Å². The zero-order chi connectivity index (χ0) is 13.7. The van der Waals surface area contributed by atoms with E-state index in [2.05, 4.69) is 10.2 Å². The number of hydrogen-bond acceptors (Lipinski definition) is 4.